The highest BCUT2D eigenvalue weighted by Crippen LogP contribution is 2.43. The van der Waals surface area contributed by atoms with Crippen LogP contribution in [0.5, 0.6) is 5.75 Å². The highest BCUT2D eigenvalue weighted by Gasteiger charge is 2.47. The number of ketones is 1. The lowest BCUT2D eigenvalue weighted by Gasteiger charge is -2.26. The van der Waals surface area contributed by atoms with Gasteiger partial charge >= 0.3 is 0 Å². The summed E-state index contributed by atoms with van der Waals surface area (Å²) in [6.45, 7) is 1.86. The van der Waals surface area contributed by atoms with Gasteiger partial charge in [-0.2, -0.15) is 0 Å². The van der Waals surface area contributed by atoms with Gasteiger partial charge in [0.05, 0.1) is 18.7 Å². The molecule has 1 saturated heterocycles. The number of carbonyl (C=O) groups excluding carboxylic acids is 2. The van der Waals surface area contributed by atoms with Crippen LogP contribution in [0.3, 0.4) is 0 Å². The van der Waals surface area contributed by atoms with Gasteiger partial charge in [0.2, 0.25) is 0 Å². The molecule has 1 N–H and O–H groups in total. The summed E-state index contributed by atoms with van der Waals surface area (Å²) in [5, 5.41) is 11.5. The molecule has 1 aliphatic heterocycles. The Labute approximate surface area is 185 Å². The Morgan fingerprint density at radius 3 is 2.29 bits per heavy atom. The molecule has 1 atom stereocenters. The zero-order valence-corrected chi connectivity index (χ0v) is 17.8. The number of aliphatic hydroxyl groups excluding tert-OH is 1. The third kappa shape index (κ3) is 3.68. The van der Waals surface area contributed by atoms with Crippen LogP contribution in [0.4, 0.5) is 5.69 Å². The molecular weight excluding hydrogens is 414 g/mol. The summed E-state index contributed by atoms with van der Waals surface area (Å²) in [5.41, 5.74) is 2.48. The molecule has 0 bridgehead atoms. The fourth-order valence-electron chi connectivity index (χ4n) is 3.68. The van der Waals surface area contributed by atoms with E-state index in [-0.39, 0.29) is 11.3 Å². The summed E-state index contributed by atoms with van der Waals surface area (Å²) in [4.78, 5) is 27.6. The maximum absolute atomic E-state index is 13.1. The molecule has 0 aromatic heterocycles. The van der Waals surface area contributed by atoms with E-state index in [0.717, 1.165) is 5.56 Å². The van der Waals surface area contributed by atoms with Crippen LogP contribution in [0.25, 0.3) is 5.76 Å². The minimum Gasteiger partial charge on any atom is -0.507 e. The lowest BCUT2D eigenvalue weighted by molar-refractivity contribution is -0.132. The minimum atomic E-state index is -0.815. The lowest BCUT2D eigenvalue weighted by atomic mass is 9.95. The maximum Gasteiger partial charge on any atom is 0.300 e. The molecule has 0 radical (unpaired) electrons. The molecule has 156 valence electrons. The maximum atomic E-state index is 13.1. The number of hydrogen-bond acceptors (Lipinski definition) is 4. The Morgan fingerprint density at radius 2 is 1.68 bits per heavy atom. The molecule has 1 amide bonds. The minimum absolute atomic E-state index is 0.0260. The quantitative estimate of drug-likeness (QED) is 0.345. The number of aliphatic hydroxyl groups is 1. The number of amides is 1. The van der Waals surface area contributed by atoms with Crippen molar-refractivity contribution in [2.75, 3.05) is 12.0 Å². The summed E-state index contributed by atoms with van der Waals surface area (Å²) < 4.78 is 5.23. The molecule has 31 heavy (non-hydrogen) atoms. The number of methoxy groups -OCH3 is 1. The van der Waals surface area contributed by atoms with Gasteiger partial charge in [0.25, 0.3) is 11.7 Å². The van der Waals surface area contributed by atoms with Gasteiger partial charge in [-0.05, 0) is 42.3 Å². The molecule has 0 saturated carbocycles. The van der Waals surface area contributed by atoms with Crippen molar-refractivity contribution in [2.24, 2.45) is 0 Å². The zero-order valence-electron chi connectivity index (χ0n) is 17.0. The van der Waals surface area contributed by atoms with Gasteiger partial charge < -0.3 is 9.84 Å². The topological polar surface area (TPSA) is 66.8 Å². The number of nitrogens with zero attached hydrogens (tertiary/aromatic N) is 1. The fraction of sp³-hybridized carbons (Fsp3) is 0.120. The van der Waals surface area contributed by atoms with Gasteiger partial charge in [-0.3, -0.25) is 14.5 Å². The second-order valence-electron chi connectivity index (χ2n) is 7.24. The average Bonchev–Trinajstić information content (AvgIpc) is 3.06. The number of anilines is 1. The van der Waals surface area contributed by atoms with E-state index in [4.69, 9.17) is 16.3 Å². The zero-order chi connectivity index (χ0) is 22.1. The molecule has 1 fully saturated rings. The van der Waals surface area contributed by atoms with Gasteiger partial charge in [-0.25, -0.2) is 0 Å². The summed E-state index contributed by atoms with van der Waals surface area (Å²) in [6, 6.07) is 20.1. The van der Waals surface area contributed by atoms with Crippen LogP contribution < -0.4 is 9.64 Å². The molecule has 6 heteroatoms. The monoisotopic (exact) mass is 433 g/mol. The molecule has 1 heterocycles. The summed E-state index contributed by atoms with van der Waals surface area (Å²) in [5.74, 6) is -1.06. The van der Waals surface area contributed by atoms with Crippen molar-refractivity contribution in [1.82, 2.24) is 0 Å². The largest absolute Gasteiger partial charge is 0.507 e. The van der Waals surface area contributed by atoms with Crippen LogP contribution >= 0.6 is 11.6 Å². The Balaban J connectivity index is 1.94. The Hall–Kier alpha value is -3.57. The van der Waals surface area contributed by atoms with E-state index in [9.17, 15) is 14.7 Å². The van der Waals surface area contributed by atoms with Crippen LogP contribution in [0.15, 0.2) is 78.4 Å². The number of Topliss-reactive ketones (excluding diaryl/α,β-unsaturated/α-hetero) is 1. The first kappa shape index (κ1) is 20.7. The number of ether oxygens (including phenoxy) is 1. The number of halogens is 1. The second kappa shape index (κ2) is 8.28. The molecule has 1 aliphatic rings. The molecule has 0 unspecified atom stereocenters. The number of benzene rings is 3. The van der Waals surface area contributed by atoms with E-state index in [1.165, 1.54) is 4.90 Å². The Kier molecular flexibility index (Phi) is 5.53. The average molecular weight is 434 g/mol. The molecule has 0 spiro atoms. The van der Waals surface area contributed by atoms with Crippen molar-refractivity contribution in [1.29, 1.82) is 0 Å². The van der Waals surface area contributed by atoms with Crippen molar-refractivity contribution in [3.63, 3.8) is 0 Å². The van der Waals surface area contributed by atoms with E-state index >= 15 is 0 Å². The van der Waals surface area contributed by atoms with Crippen molar-refractivity contribution in [2.45, 2.75) is 13.0 Å². The molecule has 5 nitrogen and oxygen atoms in total. The van der Waals surface area contributed by atoms with Crippen LogP contribution in [0.2, 0.25) is 5.02 Å². The lowest BCUT2D eigenvalue weighted by Crippen LogP contribution is -2.29. The van der Waals surface area contributed by atoms with Crippen LogP contribution in [0.1, 0.15) is 22.7 Å². The van der Waals surface area contributed by atoms with Gasteiger partial charge in [0, 0.05) is 16.3 Å². The summed E-state index contributed by atoms with van der Waals surface area (Å²) in [6.07, 6.45) is 0. The molecule has 4 rings (SSSR count). The first-order valence-electron chi connectivity index (χ1n) is 9.69. The number of carbonyl (C=O) groups is 2. The second-order valence-corrected chi connectivity index (χ2v) is 7.65. The van der Waals surface area contributed by atoms with Crippen LogP contribution in [-0.4, -0.2) is 23.9 Å². The standard InChI is InChI=1S/C25H20ClNO4/c1-15-8-11-18(14-20(15)26)27-22(16-9-12-19(31-2)13-10-16)21(24(29)25(27)30)23(28)17-6-4-3-5-7-17/h3-14,22,28H,1-2H3/b23-21+/t22-/m1/s1. The van der Waals surface area contributed by atoms with E-state index in [1.807, 2.05) is 13.0 Å². The highest BCUT2D eigenvalue weighted by molar-refractivity contribution is 6.51. The van der Waals surface area contributed by atoms with Gasteiger partial charge in [-0.15, -0.1) is 0 Å². The van der Waals surface area contributed by atoms with Gasteiger partial charge in [-0.1, -0.05) is 60.1 Å². The molecule has 0 aliphatic carbocycles. The summed E-state index contributed by atoms with van der Waals surface area (Å²) in [7, 11) is 1.56. The van der Waals surface area contributed by atoms with Crippen molar-refractivity contribution < 1.29 is 19.4 Å². The number of aryl methyl sites for hydroxylation is 1. The van der Waals surface area contributed by atoms with Gasteiger partial charge in [0.1, 0.15) is 11.5 Å². The van der Waals surface area contributed by atoms with E-state index < -0.39 is 17.7 Å². The van der Waals surface area contributed by atoms with E-state index in [2.05, 4.69) is 0 Å². The third-order valence-electron chi connectivity index (χ3n) is 5.36. The van der Waals surface area contributed by atoms with E-state index in [0.29, 0.717) is 27.6 Å². The predicted octanol–water partition coefficient (Wildman–Crippen LogP) is 5.28. The van der Waals surface area contributed by atoms with E-state index in [1.54, 1.807) is 73.8 Å². The normalized spacial score (nSPS) is 17.8. The SMILES string of the molecule is COc1ccc([C@@H]2/C(=C(\O)c3ccccc3)C(=O)C(=O)N2c2ccc(C)c(Cl)c2)cc1. The molecule has 3 aromatic carbocycles. The first-order valence-corrected chi connectivity index (χ1v) is 10.1. The smallest absolute Gasteiger partial charge is 0.300 e. The van der Waals surface area contributed by atoms with Crippen molar-refractivity contribution in [3.05, 3.63) is 100 Å². The number of hydrogen-bond donors (Lipinski definition) is 1. The van der Waals surface area contributed by atoms with Crippen LogP contribution in [0, 0.1) is 6.92 Å². The number of rotatable bonds is 4. The predicted molar refractivity (Wildman–Crippen MR) is 120 cm³/mol. The molecule has 3 aromatic rings. The van der Waals surface area contributed by atoms with Crippen molar-refractivity contribution in [3.8, 4) is 5.75 Å². The third-order valence-corrected chi connectivity index (χ3v) is 5.76. The Morgan fingerprint density at radius 1 is 1.00 bits per heavy atom. The Bertz CT molecular complexity index is 1190. The molecular formula is C25H20ClNO4. The van der Waals surface area contributed by atoms with Crippen LogP contribution in [-0.2, 0) is 9.59 Å². The first-order chi connectivity index (χ1) is 14.9. The van der Waals surface area contributed by atoms with Gasteiger partial charge in [0.15, 0.2) is 0 Å². The van der Waals surface area contributed by atoms with Crippen molar-refractivity contribution >= 4 is 34.7 Å². The highest BCUT2D eigenvalue weighted by atomic mass is 35.5. The fourth-order valence-corrected chi connectivity index (χ4v) is 3.86. The summed E-state index contributed by atoms with van der Waals surface area (Å²) >= 11 is 6.30.